The summed E-state index contributed by atoms with van der Waals surface area (Å²) >= 11 is 4.94. The van der Waals surface area contributed by atoms with E-state index in [0.717, 1.165) is 20.5 Å². The lowest BCUT2D eigenvalue weighted by Crippen LogP contribution is -2.29. The number of amides is 1. The largest absolute Gasteiger partial charge is 0.449 e. The first-order valence-corrected chi connectivity index (χ1v) is 9.04. The molecule has 2 aromatic rings. The molecule has 2 rings (SSSR count). The summed E-state index contributed by atoms with van der Waals surface area (Å²) in [6.45, 7) is 5.47. The van der Waals surface area contributed by atoms with Crippen LogP contribution < -0.4 is 5.32 Å². The number of anilines is 1. The van der Waals surface area contributed by atoms with E-state index >= 15 is 0 Å². The van der Waals surface area contributed by atoms with Crippen molar-refractivity contribution in [1.82, 2.24) is 0 Å². The first-order valence-electron chi connectivity index (χ1n) is 7.36. The van der Waals surface area contributed by atoms with E-state index < -0.39 is 12.1 Å². The zero-order valence-electron chi connectivity index (χ0n) is 13.6. The van der Waals surface area contributed by atoms with Crippen molar-refractivity contribution in [1.29, 1.82) is 0 Å². The summed E-state index contributed by atoms with van der Waals surface area (Å²) in [5.41, 5.74) is 2.81. The van der Waals surface area contributed by atoms with E-state index in [4.69, 9.17) is 4.74 Å². The first kappa shape index (κ1) is 18.4. The Balaban J connectivity index is 1.92. The van der Waals surface area contributed by atoms with Gasteiger partial charge in [-0.15, -0.1) is 11.3 Å². The molecule has 1 aromatic heterocycles. The number of carbonyl (C=O) groups excluding carboxylic acids is 2. The van der Waals surface area contributed by atoms with Gasteiger partial charge < -0.3 is 10.1 Å². The normalized spacial score (nSPS) is 12.2. The number of hydrogen-bond donors (Lipinski definition) is 1. The van der Waals surface area contributed by atoms with Gasteiger partial charge in [-0.2, -0.15) is 0 Å². The van der Waals surface area contributed by atoms with Crippen molar-refractivity contribution in [3.8, 4) is 0 Å². The fraction of sp³-hybridized carbons (Fsp3) is 0.222. The molecule has 0 saturated heterocycles. The maximum Gasteiger partial charge on any atom is 0.331 e. The zero-order chi connectivity index (χ0) is 17.7. The average molecular weight is 408 g/mol. The van der Waals surface area contributed by atoms with Gasteiger partial charge in [0.2, 0.25) is 0 Å². The van der Waals surface area contributed by atoms with E-state index in [1.165, 1.54) is 6.08 Å². The molecule has 1 N–H and O–H groups in total. The van der Waals surface area contributed by atoms with Crippen LogP contribution in [0.2, 0.25) is 0 Å². The van der Waals surface area contributed by atoms with E-state index in [2.05, 4.69) is 21.2 Å². The van der Waals surface area contributed by atoms with Crippen LogP contribution in [0.3, 0.4) is 0 Å². The molecular weight excluding hydrogens is 390 g/mol. The van der Waals surface area contributed by atoms with Crippen LogP contribution in [0.5, 0.6) is 0 Å². The van der Waals surface area contributed by atoms with Gasteiger partial charge >= 0.3 is 5.97 Å². The molecule has 0 aliphatic rings. The molecule has 4 nitrogen and oxygen atoms in total. The molecule has 1 heterocycles. The SMILES string of the molecule is Cc1ccc(NC(=O)[C@H](C)OC(=O)/C=C/c2sccc2C)c(Br)c1. The second kappa shape index (κ2) is 8.26. The minimum Gasteiger partial charge on any atom is -0.449 e. The van der Waals surface area contributed by atoms with Gasteiger partial charge in [0.25, 0.3) is 5.91 Å². The highest BCUT2D eigenvalue weighted by molar-refractivity contribution is 9.10. The van der Waals surface area contributed by atoms with Crippen molar-refractivity contribution in [3.63, 3.8) is 0 Å². The second-order valence-electron chi connectivity index (χ2n) is 5.35. The third-order valence-corrected chi connectivity index (χ3v) is 4.96. The van der Waals surface area contributed by atoms with E-state index in [1.807, 2.05) is 37.4 Å². The predicted molar refractivity (Wildman–Crippen MR) is 101 cm³/mol. The molecule has 0 spiro atoms. The van der Waals surface area contributed by atoms with Crippen molar-refractivity contribution in [3.05, 3.63) is 56.2 Å². The summed E-state index contributed by atoms with van der Waals surface area (Å²) in [5, 5.41) is 4.69. The molecule has 0 unspecified atom stereocenters. The minimum atomic E-state index is -0.889. The fourth-order valence-electron chi connectivity index (χ4n) is 1.92. The van der Waals surface area contributed by atoms with Gasteiger partial charge in [0.1, 0.15) is 0 Å². The number of aryl methyl sites for hydroxylation is 2. The van der Waals surface area contributed by atoms with E-state index in [-0.39, 0.29) is 5.91 Å². The van der Waals surface area contributed by atoms with Gasteiger partial charge in [-0.1, -0.05) is 6.07 Å². The number of esters is 1. The Morgan fingerprint density at radius 1 is 1.29 bits per heavy atom. The van der Waals surface area contributed by atoms with E-state index in [9.17, 15) is 9.59 Å². The molecule has 1 aromatic carbocycles. The quantitative estimate of drug-likeness (QED) is 0.576. The zero-order valence-corrected chi connectivity index (χ0v) is 16.0. The van der Waals surface area contributed by atoms with Crippen LogP contribution in [-0.2, 0) is 14.3 Å². The number of nitrogens with one attached hydrogen (secondary N) is 1. The molecule has 1 amide bonds. The minimum absolute atomic E-state index is 0.381. The number of carbonyl (C=O) groups is 2. The predicted octanol–water partition coefficient (Wildman–Crippen LogP) is 4.71. The Morgan fingerprint density at radius 2 is 2.04 bits per heavy atom. The lowest BCUT2D eigenvalue weighted by molar-refractivity contribution is -0.148. The Labute approximate surface area is 153 Å². The van der Waals surface area contributed by atoms with E-state index in [1.54, 1.807) is 30.4 Å². The second-order valence-corrected chi connectivity index (χ2v) is 7.15. The van der Waals surface area contributed by atoms with Crippen LogP contribution >= 0.6 is 27.3 Å². The highest BCUT2D eigenvalue weighted by Gasteiger charge is 2.17. The maximum absolute atomic E-state index is 12.1. The van der Waals surface area contributed by atoms with E-state index in [0.29, 0.717) is 5.69 Å². The summed E-state index contributed by atoms with van der Waals surface area (Å²) < 4.78 is 5.92. The maximum atomic E-state index is 12.1. The third kappa shape index (κ3) is 5.04. The smallest absolute Gasteiger partial charge is 0.331 e. The summed E-state index contributed by atoms with van der Waals surface area (Å²) in [4.78, 5) is 25.0. The molecule has 0 bridgehead atoms. The van der Waals surface area contributed by atoms with Crippen LogP contribution in [0.15, 0.2) is 40.2 Å². The Morgan fingerprint density at radius 3 is 2.67 bits per heavy atom. The van der Waals surface area contributed by atoms with Crippen molar-refractivity contribution in [2.24, 2.45) is 0 Å². The summed E-state index contributed by atoms with van der Waals surface area (Å²) in [5.74, 6) is -0.929. The molecule has 0 fully saturated rings. The number of ether oxygens (including phenoxy) is 1. The molecule has 0 saturated carbocycles. The molecule has 1 atom stereocenters. The first-order chi connectivity index (χ1) is 11.4. The monoisotopic (exact) mass is 407 g/mol. The highest BCUT2D eigenvalue weighted by atomic mass is 79.9. The third-order valence-electron chi connectivity index (χ3n) is 3.32. The van der Waals surface area contributed by atoms with Crippen molar-refractivity contribution in [2.75, 3.05) is 5.32 Å². The topological polar surface area (TPSA) is 55.4 Å². The number of benzene rings is 1. The number of hydrogen-bond acceptors (Lipinski definition) is 4. The molecule has 0 aliphatic heterocycles. The van der Waals surface area contributed by atoms with Gasteiger partial charge in [0.05, 0.1) is 5.69 Å². The van der Waals surface area contributed by atoms with Gasteiger partial charge in [-0.3, -0.25) is 4.79 Å². The van der Waals surface area contributed by atoms with Gasteiger partial charge in [-0.05, 0) is 77.5 Å². The molecular formula is C18H18BrNO3S. The summed E-state index contributed by atoms with van der Waals surface area (Å²) in [7, 11) is 0. The molecule has 126 valence electrons. The van der Waals surface area contributed by atoms with Crippen molar-refractivity contribution >= 4 is 50.9 Å². The average Bonchev–Trinajstić information content (AvgIpc) is 2.93. The molecule has 6 heteroatoms. The fourth-order valence-corrected chi connectivity index (χ4v) is 3.33. The lowest BCUT2D eigenvalue weighted by atomic mass is 10.2. The van der Waals surface area contributed by atoms with Crippen LogP contribution in [0.1, 0.15) is 22.9 Å². The van der Waals surface area contributed by atoms with Crippen LogP contribution in [0.4, 0.5) is 5.69 Å². The standard InChI is InChI=1S/C18H18BrNO3S/c1-11-4-5-15(14(19)10-11)20-18(22)13(3)23-17(21)7-6-16-12(2)8-9-24-16/h4-10,13H,1-3H3,(H,20,22)/b7-6+/t13-/m0/s1. The van der Waals surface area contributed by atoms with Crippen LogP contribution in [0, 0.1) is 13.8 Å². The number of rotatable bonds is 5. The number of halogens is 1. The van der Waals surface area contributed by atoms with Gasteiger partial charge in [0, 0.05) is 15.4 Å². The highest BCUT2D eigenvalue weighted by Crippen LogP contribution is 2.23. The van der Waals surface area contributed by atoms with Gasteiger partial charge in [0.15, 0.2) is 6.10 Å². The molecule has 0 radical (unpaired) electrons. The Bertz CT molecular complexity index is 782. The summed E-state index contributed by atoms with van der Waals surface area (Å²) in [6.07, 6.45) is 2.15. The summed E-state index contributed by atoms with van der Waals surface area (Å²) in [6, 6.07) is 7.57. The van der Waals surface area contributed by atoms with Gasteiger partial charge in [-0.25, -0.2) is 4.79 Å². The number of thiophene rings is 1. The molecule has 24 heavy (non-hydrogen) atoms. The van der Waals surface area contributed by atoms with Crippen LogP contribution in [0.25, 0.3) is 6.08 Å². The van der Waals surface area contributed by atoms with Crippen LogP contribution in [-0.4, -0.2) is 18.0 Å². The van der Waals surface area contributed by atoms with Crippen molar-refractivity contribution in [2.45, 2.75) is 26.9 Å². The Hall–Kier alpha value is -1.92. The van der Waals surface area contributed by atoms with Crippen molar-refractivity contribution < 1.29 is 14.3 Å². The Kier molecular flexibility index (Phi) is 6.34. The molecule has 0 aliphatic carbocycles. The lowest BCUT2D eigenvalue weighted by Gasteiger charge is -2.13.